The molecule has 3 aromatic heterocycles. The number of hydrogen-bond acceptors (Lipinski definition) is 14. The average Bonchev–Trinajstić information content (AvgIpc) is 3.63. The minimum absolute atomic E-state index is 0.264. The van der Waals surface area contributed by atoms with Crippen LogP contribution in [0, 0.1) is 5.92 Å². The van der Waals surface area contributed by atoms with Crippen LogP contribution < -0.4 is 17.0 Å². The SMILES string of the molecule is COCCC[C@H]1C(O)[C@@H](CO)O[C@H]1n1ccc(=O)[nH]c1=O.CO[C@H]1C(O)[C@@H](CO)O[C@H]1n1cnc2c(N)ncnc21. The zero-order chi connectivity index (χ0) is 29.7. The van der Waals surface area contributed by atoms with E-state index in [0.29, 0.717) is 30.6 Å². The number of aromatic nitrogens is 6. The summed E-state index contributed by atoms with van der Waals surface area (Å²) in [6.45, 7) is -0.113. The monoisotopic (exact) mass is 581 g/mol. The van der Waals surface area contributed by atoms with Crippen molar-refractivity contribution in [2.24, 2.45) is 5.92 Å². The normalized spacial score (nSPS) is 29.5. The minimum atomic E-state index is -0.938. The van der Waals surface area contributed by atoms with Crippen molar-refractivity contribution in [3.63, 3.8) is 0 Å². The van der Waals surface area contributed by atoms with Gasteiger partial charge in [-0.1, -0.05) is 0 Å². The van der Waals surface area contributed by atoms with Crippen LogP contribution >= 0.6 is 0 Å². The summed E-state index contributed by atoms with van der Waals surface area (Å²) in [5.74, 6) is -0.0964. The molecule has 2 aliphatic rings. The number of hydrogen-bond donors (Lipinski definition) is 6. The first-order valence-electron chi connectivity index (χ1n) is 12.9. The number of nitrogens with zero attached hydrogens (tertiary/aromatic N) is 5. The van der Waals surface area contributed by atoms with Crippen molar-refractivity contribution < 1.29 is 39.4 Å². The zero-order valence-electron chi connectivity index (χ0n) is 22.5. The lowest BCUT2D eigenvalue weighted by atomic mass is 9.94. The van der Waals surface area contributed by atoms with Crippen molar-refractivity contribution in [3.05, 3.63) is 45.8 Å². The Hall–Kier alpha value is -3.29. The van der Waals surface area contributed by atoms with E-state index in [1.54, 1.807) is 11.7 Å². The van der Waals surface area contributed by atoms with Gasteiger partial charge in [0.05, 0.1) is 25.6 Å². The first-order valence-corrected chi connectivity index (χ1v) is 12.9. The second-order valence-corrected chi connectivity index (χ2v) is 9.58. The average molecular weight is 582 g/mol. The molecule has 2 fully saturated rings. The molecule has 0 bridgehead atoms. The summed E-state index contributed by atoms with van der Waals surface area (Å²) in [5.41, 5.74) is 5.56. The van der Waals surface area contributed by atoms with Crippen LogP contribution in [0.4, 0.5) is 5.82 Å². The molecule has 5 rings (SSSR count). The molecule has 5 heterocycles. The lowest BCUT2D eigenvalue weighted by Crippen LogP contribution is -2.35. The maximum Gasteiger partial charge on any atom is 0.330 e. The van der Waals surface area contributed by atoms with Gasteiger partial charge in [0.25, 0.3) is 5.56 Å². The number of methoxy groups -OCH3 is 2. The molecular weight excluding hydrogens is 546 g/mol. The van der Waals surface area contributed by atoms with E-state index in [0.717, 1.165) is 0 Å². The fourth-order valence-corrected chi connectivity index (χ4v) is 5.04. The van der Waals surface area contributed by atoms with E-state index >= 15 is 0 Å². The van der Waals surface area contributed by atoms with Crippen LogP contribution in [0.5, 0.6) is 0 Å². The van der Waals surface area contributed by atoms with E-state index in [1.165, 1.54) is 36.6 Å². The Bertz CT molecular complexity index is 1400. The third-order valence-electron chi connectivity index (χ3n) is 7.12. The molecule has 0 saturated carbocycles. The maximum atomic E-state index is 11.9. The molecule has 8 atom stereocenters. The molecule has 17 heteroatoms. The lowest BCUT2D eigenvalue weighted by molar-refractivity contribution is -0.0583. The van der Waals surface area contributed by atoms with Crippen LogP contribution in [0.3, 0.4) is 0 Å². The van der Waals surface area contributed by atoms with Crippen LogP contribution in [0.25, 0.3) is 11.2 Å². The summed E-state index contributed by atoms with van der Waals surface area (Å²) in [6, 6.07) is 1.22. The Labute approximate surface area is 233 Å². The molecule has 2 saturated heterocycles. The van der Waals surface area contributed by atoms with Gasteiger partial charge in [-0.3, -0.25) is 18.9 Å². The minimum Gasteiger partial charge on any atom is -0.394 e. The Morgan fingerprint density at radius 3 is 2.39 bits per heavy atom. The second-order valence-electron chi connectivity index (χ2n) is 9.58. The van der Waals surface area contributed by atoms with E-state index in [1.807, 2.05) is 0 Å². The Morgan fingerprint density at radius 2 is 1.73 bits per heavy atom. The Morgan fingerprint density at radius 1 is 1.02 bits per heavy atom. The predicted molar refractivity (Wildman–Crippen MR) is 140 cm³/mol. The summed E-state index contributed by atoms with van der Waals surface area (Å²) in [4.78, 5) is 37.3. The summed E-state index contributed by atoms with van der Waals surface area (Å²) in [6.07, 6.45) is 0.124. The van der Waals surface area contributed by atoms with Crippen molar-refractivity contribution in [1.82, 2.24) is 29.1 Å². The zero-order valence-corrected chi connectivity index (χ0v) is 22.5. The highest BCUT2D eigenvalue weighted by molar-refractivity contribution is 5.81. The molecule has 226 valence electrons. The van der Waals surface area contributed by atoms with Crippen LogP contribution in [0.15, 0.2) is 34.5 Å². The summed E-state index contributed by atoms with van der Waals surface area (Å²) < 4.78 is 24.3. The highest BCUT2D eigenvalue weighted by atomic mass is 16.6. The van der Waals surface area contributed by atoms with Gasteiger partial charge in [0.15, 0.2) is 17.7 Å². The quantitative estimate of drug-likeness (QED) is 0.143. The smallest absolute Gasteiger partial charge is 0.330 e. The molecule has 0 spiro atoms. The number of nitrogen functional groups attached to an aromatic ring is 1. The Kier molecular flexibility index (Phi) is 10.2. The molecule has 17 nitrogen and oxygen atoms in total. The number of H-pyrrole nitrogens is 1. The molecule has 0 aliphatic carbocycles. The van der Waals surface area contributed by atoms with Gasteiger partial charge in [-0.05, 0) is 12.8 Å². The fourth-order valence-electron chi connectivity index (χ4n) is 5.04. The molecule has 0 amide bonds. The molecule has 7 N–H and O–H groups in total. The standard InChI is InChI=1S/C13H20N2O6.C11H15N5O4/c1-20-6-2-3-8-11(18)9(7-16)21-12(8)15-5-4-10(17)14-13(15)19;1-19-8-7(18)5(2-17)20-11(8)16-4-15-6-9(12)13-3-14-10(6)16/h4-5,8-9,11-12,16,18H,2-3,6-7H2,1H3,(H,14,17,19);3-5,7-8,11,17-18H,2H2,1H3,(H2,12,13,14)/t8-,9+,11?,12+;5-,7?,8+,11-/m01/s1. The van der Waals surface area contributed by atoms with Crippen molar-refractivity contribution in [3.8, 4) is 0 Å². The van der Waals surface area contributed by atoms with E-state index in [-0.39, 0.29) is 24.9 Å². The molecule has 41 heavy (non-hydrogen) atoms. The molecule has 2 unspecified atom stereocenters. The van der Waals surface area contributed by atoms with Crippen molar-refractivity contribution in [2.75, 3.05) is 39.8 Å². The number of aromatic amines is 1. The lowest BCUT2D eigenvalue weighted by Gasteiger charge is -2.21. The number of ether oxygens (including phenoxy) is 4. The maximum absolute atomic E-state index is 11.9. The largest absolute Gasteiger partial charge is 0.394 e. The molecule has 2 aliphatic heterocycles. The van der Waals surface area contributed by atoms with Gasteiger partial charge in [-0.15, -0.1) is 0 Å². The number of nitrogens with two attached hydrogens (primary N) is 1. The van der Waals surface area contributed by atoms with E-state index in [9.17, 15) is 30.0 Å². The van der Waals surface area contributed by atoms with Gasteiger partial charge < -0.3 is 45.1 Å². The van der Waals surface area contributed by atoms with E-state index < -0.39 is 54.2 Å². The number of fused-ring (bicyclic) bond motifs is 1. The number of nitrogens with one attached hydrogen (secondary N) is 1. The summed E-state index contributed by atoms with van der Waals surface area (Å²) in [5, 5.41) is 38.7. The van der Waals surface area contributed by atoms with Crippen LogP contribution in [-0.2, 0) is 18.9 Å². The first-order chi connectivity index (χ1) is 19.7. The van der Waals surface area contributed by atoms with Gasteiger partial charge in [0, 0.05) is 39.0 Å². The number of aliphatic hydroxyl groups is 4. The van der Waals surface area contributed by atoms with E-state index in [4.69, 9.17) is 24.7 Å². The highest BCUT2D eigenvalue weighted by Gasteiger charge is 2.46. The molecular formula is C24H35N7O10. The van der Waals surface area contributed by atoms with Crippen molar-refractivity contribution in [1.29, 1.82) is 0 Å². The Balaban J connectivity index is 0.000000189. The van der Waals surface area contributed by atoms with Crippen LogP contribution in [0.1, 0.15) is 25.3 Å². The van der Waals surface area contributed by atoms with Crippen molar-refractivity contribution >= 4 is 17.0 Å². The van der Waals surface area contributed by atoms with Gasteiger partial charge >= 0.3 is 5.69 Å². The number of imidazole rings is 1. The topological polar surface area (TPSA) is 242 Å². The van der Waals surface area contributed by atoms with Gasteiger partial charge in [-0.25, -0.2) is 19.7 Å². The van der Waals surface area contributed by atoms with Gasteiger partial charge in [0.1, 0.15) is 42.5 Å². The van der Waals surface area contributed by atoms with E-state index in [2.05, 4.69) is 19.9 Å². The summed E-state index contributed by atoms with van der Waals surface area (Å²) in [7, 11) is 3.05. The third-order valence-corrected chi connectivity index (χ3v) is 7.12. The predicted octanol–water partition coefficient (Wildman–Crippen LogP) is -2.50. The summed E-state index contributed by atoms with van der Waals surface area (Å²) >= 11 is 0. The third kappa shape index (κ3) is 6.31. The van der Waals surface area contributed by atoms with Crippen LogP contribution in [-0.4, -0.2) is 114 Å². The number of aliphatic hydroxyl groups excluding tert-OH is 4. The highest BCUT2D eigenvalue weighted by Crippen LogP contribution is 2.37. The fraction of sp³-hybridized carbons (Fsp3) is 0.625. The van der Waals surface area contributed by atoms with Gasteiger partial charge in [0.2, 0.25) is 0 Å². The first kappa shape index (κ1) is 30.7. The molecule has 3 aromatic rings. The number of anilines is 1. The van der Waals surface area contributed by atoms with Crippen molar-refractivity contribution in [2.45, 2.75) is 55.8 Å². The number of rotatable bonds is 9. The second kappa shape index (κ2) is 13.6. The van der Waals surface area contributed by atoms with Crippen LogP contribution in [0.2, 0.25) is 0 Å². The van der Waals surface area contributed by atoms with Gasteiger partial charge in [-0.2, -0.15) is 0 Å². The molecule has 0 radical (unpaired) electrons. The molecule has 0 aromatic carbocycles.